The fourth-order valence-electron chi connectivity index (χ4n) is 2.54. The van der Waals surface area contributed by atoms with E-state index in [1.54, 1.807) is 24.3 Å². The quantitative estimate of drug-likeness (QED) is 0.317. The third-order valence-corrected chi connectivity index (χ3v) is 4.33. The number of halogens is 4. The number of nitrogens with one attached hydrogen (secondary N) is 3. The highest BCUT2D eigenvalue weighted by atomic mass is 35.5. The highest BCUT2D eigenvalue weighted by molar-refractivity contribution is 6.30. The summed E-state index contributed by atoms with van der Waals surface area (Å²) in [5.41, 5.74) is 5.01. The van der Waals surface area contributed by atoms with Gasteiger partial charge in [-0.25, -0.2) is 18.0 Å². The van der Waals surface area contributed by atoms with Crippen molar-refractivity contribution in [1.82, 2.24) is 10.6 Å². The third-order valence-electron chi connectivity index (χ3n) is 4.08. The van der Waals surface area contributed by atoms with Crippen LogP contribution < -0.4 is 21.7 Å². The Morgan fingerprint density at radius 1 is 0.970 bits per heavy atom. The molecule has 0 radical (unpaired) electrons. The molecule has 0 spiro atoms. The average Bonchev–Trinajstić information content (AvgIpc) is 2.76. The summed E-state index contributed by atoms with van der Waals surface area (Å²) in [6.07, 6.45) is -0.353. The van der Waals surface area contributed by atoms with Crippen molar-refractivity contribution >= 4 is 41.1 Å². The van der Waals surface area contributed by atoms with Crippen LogP contribution in [0.1, 0.15) is 18.0 Å². The lowest BCUT2D eigenvalue weighted by Gasteiger charge is -2.17. The van der Waals surface area contributed by atoms with Gasteiger partial charge in [0.15, 0.2) is 24.1 Å². The molecule has 0 aliphatic carbocycles. The molecule has 2 aromatic rings. The van der Waals surface area contributed by atoms with Gasteiger partial charge in [0.25, 0.3) is 5.91 Å². The number of rotatable bonds is 9. The predicted octanol–water partition coefficient (Wildman–Crippen LogP) is 2.15. The van der Waals surface area contributed by atoms with Crippen molar-refractivity contribution in [3.05, 3.63) is 64.4 Å². The summed E-state index contributed by atoms with van der Waals surface area (Å²) in [6.45, 7) is -1.42. The minimum Gasteiger partial charge on any atom is -0.456 e. The summed E-state index contributed by atoms with van der Waals surface area (Å²) >= 11 is 5.80. The standard InChI is InChI=1S/C20H18ClF3N4O5/c21-11-3-1-10(2-4-11)14(28-20(25)32)7-17(31)33-9-16(30)26-8-15(29)27-13-6-5-12(22)18(23)19(13)24/h1-6,14H,7-9H2,(H,26,30)(H,27,29)(H3,25,28,32). The summed E-state index contributed by atoms with van der Waals surface area (Å²) in [4.78, 5) is 46.8. The van der Waals surface area contributed by atoms with Gasteiger partial charge >= 0.3 is 12.0 Å². The molecule has 0 heterocycles. The molecule has 0 aliphatic heterocycles. The van der Waals surface area contributed by atoms with Gasteiger partial charge in [0.2, 0.25) is 5.91 Å². The van der Waals surface area contributed by atoms with Crippen molar-refractivity contribution < 1.29 is 37.1 Å². The van der Waals surface area contributed by atoms with Crippen molar-refractivity contribution in [2.75, 3.05) is 18.5 Å². The van der Waals surface area contributed by atoms with Gasteiger partial charge in [-0.15, -0.1) is 0 Å². The first kappa shape index (κ1) is 25.5. The Morgan fingerprint density at radius 3 is 2.27 bits per heavy atom. The van der Waals surface area contributed by atoms with Crippen molar-refractivity contribution in [2.24, 2.45) is 5.73 Å². The number of nitrogens with two attached hydrogens (primary N) is 1. The van der Waals surface area contributed by atoms with Crippen LogP contribution in [0.2, 0.25) is 5.02 Å². The zero-order valence-corrected chi connectivity index (χ0v) is 17.5. The Labute approximate surface area is 190 Å². The molecule has 0 bridgehead atoms. The molecule has 9 nitrogen and oxygen atoms in total. The highest BCUT2D eigenvalue weighted by Gasteiger charge is 2.20. The number of esters is 1. The molecule has 33 heavy (non-hydrogen) atoms. The maximum absolute atomic E-state index is 13.5. The van der Waals surface area contributed by atoms with Gasteiger partial charge in [0, 0.05) is 5.02 Å². The zero-order chi connectivity index (χ0) is 24.5. The number of primary amides is 1. The SMILES string of the molecule is NC(=O)NC(CC(=O)OCC(=O)NCC(=O)Nc1ccc(F)c(F)c1F)c1ccc(Cl)cc1. The number of benzene rings is 2. The molecular weight excluding hydrogens is 469 g/mol. The molecule has 5 N–H and O–H groups in total. The van der Waals surface area contributed by atoms with Crippen LogP contribution >= 0.6 is 11.6 Å². The minimum atomic E-state index is -1.76. The van der Waals surface area contributed by atoms with E-state index in [0.717, 1.165) is 6.07 Å². The Morgan fingerprint density at radius 2 is 1.64 bits per heavy atom. The Hall–Kier alpha value is -3.80. The first-order chi connectivity index (χ1) is 15.6. The van der Waals surface area contributed by atoms with Crippen LogP contribution in [-0.4, -0.2) is 37.0 Å². The fraction of sp³-hybridized carbons (Fsp3) is 0.200. The number of carbonyl (C=O) groups is 4. The van der Waals surface area contributed by atoms with E-state index in [9.17, 15) is 32.3 Å². The summed E-state index contributed by atoms with van der Waals surface area (Å²) < 4.78 is 44.4. The van der Waals surface area contributed by atoms with Crippen LogP contribution in [0.5, 0.6) is 0 Å². The first-order valence-corrected chi connectivity index (χ1v) is 9.61. The summed E-state index contributed by atoms with van der Waals surface area (Å²) in [5, 5.41) is 6.87. The fourth-order valence-corrected chi connectivity index (χ4v) is 2.66. The van der Waals surface area contributed by atoms with Crippen molar-refractivity contribution in [1.29, 1.82) is 0 Å². The summed E-state index contributed by atoms with van der Waals surface area (Å²) in [6, 6.07) is 5.93. The van der Waals surface area contributed by atoms with Crippen molar-refractivity contribution in [2.45, 2.75) is 12.5 Å². The Balaban J connectivity index is 1.81. The molecule has 0 aromatic heterocycles. The van der Waals surface area contributed by atoms with Gasteiger partial charge in [-0.2, -0.15) is 0 Å². The van der Waals surface area contributed by atoms with Crippen LogP contribution in [0.3, 0.4) is 0 Å². The largest absolute Gasteiger partial charge is 0.456 e. The molecule has 176 valence electrons. The highest BCUT2D eigenvalue weighted by Crippen LogP contribution is 2.20. The van der Waals surface area contributed by atoms with Crippen LogP contribution in [0.4, 0.5) is 23.7 Å². The second kappa shape index (κ2) is 11.7. The number of ether oxygens (including phenoxy) is 1. The lowest BCUT2D eigenvalue weighted by Crippen LogP contribution is -2.37. The molecule has 0 saturated carbocycles. The molecule has 2 aromatic carbocycles. The number of amides is 4. The smallest absolute Gasteiger partial charge is 0.312 e. The van der Waals surface area contributed by atoms with Gasteiger partial charge in [-0.3, -0.25) is 14.4 Å². The molecule has 13 heteroatoms. The molecule has 0 fully saturated rings. The topological polar surface area (TPSA) is 140 Å². The Kier molecular flexibility index (Phi) is 9.04. The van der Waals surface area contributed by atoms with Gasteiger partial charge in [-0.05, 0) is 29.8 Å². The monoisotopic (exact) mass is 486 g/mol. The Bertz CT molecular complexity index is 1050. The second-order valence-corrected chi connectivity index (χ2v) is 6.96. The number of carbonyl (C=O) groups excluding carboxylic acids is 4. The van der Waals surface area contributed by atoms with Crippen LogP contribution in [0, 0.1) is 17.5 Å². The molecular formula is C20H18ClF3N4O5. The lowest BCUT2D eigenvalue weighted by molar-refractivity contribution is -0.149. The molecule has 4 amide bonds. The van der Waals surface area contributed by atoms with E-state index in [1.807, 2.05) is 5.32 Å². The molecule has 1 atom stereocenters. The molecule has 0 saturated heterocycles. The number of anilines is 1. The van der Waals surface area contributed by atoms with Gasteiger partial charge in [0.1, 0.15) is 0 Å². The number of hydrogen-bond donors (Lipinski definition) is 4. The van der Waals surface area contributed by atoms with Crippen LogP contribution in [-0.2, 0) is 19.1 Å². The lowest BCUT2D eigenvalue weighted by atomic mass is 10.0. The van der Waals surface area contributed by atoms with E-state index < -0.39 is 66.1 Å². The van der Waals surface area contributed by atoms with Gasteiger partial charge in [-0.1, -0.05) is 23.7 Å². The van der Waals surface area contributed by atoms with E-state index in [0.29, 0.717) is 16.7 Å². The van der Waals surface area contributed by atoms with Crippen molar-refractivity contribution in [3.63, 3.8) is 0 Å². The second-order valence-electron chi connectivity index (χ2n) is 6.53. The van der Waals surface area contributed by atoms with Gasteiger partial charge in [0.05, 0.1) is 24.7 Å². The summed E-state index contributed by atoms with van der Waals surface area (Å²) in [5.74, 6) is -7.43. The third kappa shape index (κ3) is 8.00. The van der Waals surface area contributed by atoms with Crippen molar-refractivity contribution in [3.8, 4) is 0 Å². The number of hydrogen-bond acceptors (Lipinski definition) is 5. The van der Waals surface area contributed by atoms with E-state index in [4.69, 9.17) is 22.1 Å². The zero-order valence-electron chi connectivity index (χ0n) is 16.8. The predicted molar refractivity (Wildman–Crippen MR) is 110 cm³/mol. The van der Waals surface area contributed by atoms with Gasteiger partial charge < -0.3 is 26.4 Å². The maximum Gasteiger partial charge on any atom is 0.312 e. The molecule has 2 rings (SSSR count). The minimum absolute atomic E-state index is 0.353. The number of urea groups is 1. The van der Waals surface area contributed by atoms with E-state index in [1.165, 1.54) is 0 Å². The molecule has 1 unspecified atom stereocenters. The molecule has 0 aliphatic rings. The van der Waals surface area contributed by atoms with Crippen LogP contribution in [0.25, 0.3) is 0 Å². The van der Waals surface area contributed by atoms with E-state index in [2.05, 4.69) is 10.6 Å². The van der Waals surface area contributed by atoms with Crippen LogP contribution in [0.15, 0.2) is 36.4 Å². The average molecular weight is 487 g/mol. The summed E-state index contributed by atoms with van der Waals surface area (Å²) in [7, 11) is 0. The van der Waals surface area contributed by atoms with E-state index in [-0.39, 0.29) is 6.42 Å². The normalized spacial score (nSPS) is 11.3. The first-order valence-electron chi connectivity index (χ1n) is 9.24. The maximum atomic E-state index is 13.5. The van der Waals surface area contributed by atoms with E-state index >= 15 is 0 Å².